The summed E-state index contributed by atoms with van der Waals surface area (Å²) in [5.41, 5.74) is 0. The van der Waals surface area contributed by atoms with Gasteiger partial charge < -0.3 is 5.32 Å². The molecule has 1 aliphatic heterocycles. The molecule has 2 atom stereocenters. The van der Waals surface area contributed by atoms with E-state index < -0.39 is 0 Å². The maximum atomic E-state index is 3.72. The van der Waals surface area contributed by atoms with E-state index in [2.05, 4.69) is 37.9 Å². The Hall–Kier alpha value is -0.0800. The molecule has 1 heterocycles. The van der Waals surface area contributed by atoms with Crippen molar-refractivity contribution in [3.63, 3.8) is 0 Å². The minimum Gasteiger partial charge on any atom is -0.312 e. The fourth-order valence-corrected chi connectivity index (χ4v) is 2.98. The molecule has 102 valence electrons. The first-order chi connectivity index (χ1) is 8.19. The average molecular weight is 240 g/mol. The van der Waals surface area contributed by atoms with Crippen molar-refractivity contribution in [2.75, 3.05) is 13.1 Å². The summed E-state index contributed by atoms with van der Waals surface area (Å²) in [6, 6.07) is 2.17. The van der Waals surface area contributed by atoms with Crippen LogP contribution in [0, 0.1) is 0 Å². The van der Waals surface area contributed by atoms with Gasteiger partial charge in [0.1, 0.15) is 0 Å². The van der Waals surface area contributed by atoms with Crippen LogP contribution < -0.4 is 5.32 Å². The van der Waals surface area contributed by atoms with Crippen LogP contribution in [-0.2, 0) is 0 Å². The topological polar surface area (TPSA) is 15.3 Å². The van der Waals surface area contributed by atoms with Crippen LogP contribution in [0.2, 0.25) is 0 Å². The van der Waals surface area contributed by atoms with Crippen LogP contribution >= 0.6 is 0 Å². The highest BCUT2D eigenvalue weighted by Gasteiger charge is 2.21. The molecule has 0 radical (unpaired) electrons. The fourth-order valence-electron chi connectivity index (χ4n) is 2.98. The van der Waals surface area contributed by atoms with Gasteiger partial charge in [-0.1, -0.05) is 26.7 Å². The summed E-state index contributed by atoms with van der Waals surface area (Å²) in [7, 11) is 0. The van der Waals surface area contributed by atoms with Gasteiger partial charge in [-0.3, -0.25) is 4.90 Å². The summed E-state index contributed by atoms with van der Waals surface area (Å²) in [5, 5.41) is 3.72. The lowest BCUT2D eigenvalue weighted by molar-refractivity contribution is 0.151. The summed E-state index contributed by atoms with van der Waals surface area (Å²) in [6.45, 7) is 11.8. The summed E-state index contributed by atoms with van der Waals surface area (Å²) >= 11 is 0. The second kappa shape index (κ2) is 8.10. The summed E-state index contributed by atoms with van der Waals surface area (Å²) < 4.78 is 0. The van der Waals surface area contributed by atoms with Crippen LogP contribution in [0.4, 0.5) is 0 Å². The molecule has 0 aromatic heterocycles. The third-order valence-electron chi connectivity index (χ3n) is 4.36. The van der Waals surface area contributed by atoms with Crippen molar-refractivity contribution in [3.8, 4) is 0 Å². The number of hydrogen-bond donors (Lipinski definition) is 1. The Morgan fingerprint density at radius 2 is 1.88 bits per heavy atom. The molecule has 0 aromatic rings. The van der Waals surface area contributed by atoms with Gasteiger partial charge >= 0.3 is 0 Å². The lowest BCUT2D eigenvalue weighted by atomic mass is 10.1. The van der Waals surface area contributed by atoms with Crippen molar-refractivity contribution >= 4 is 0 Å². The van der Waals surface area contributed by atoms with Crippen LogP contribution in [-0.4, -0.2) is 36.1 Å². The molecule has 2 nitrogen and oxygen atoms in total. The lowest BCUT2D eigenvalue weighted by Gasteiger charge is -2.34. The van der Waals surface area contributed by atoms with E-state index >= 15 is 0 Å². The first-order valence-corrected chi connectivity index (χ1v) is 7.68. The Labute approximate surface area is 108 Å². The molecule has 0 amide bonds. The molecule has 0 saturated carbocycles. The monoisotopic (exact) mass is 240 g/mol. The minimum absolute atomic E-state index is 0.684. The largest absolute Gasteiger partial charge is 0.312 e. The molecule has 0 spiro atoms. The van der Waals surface area contributed by atoms with Gasteiger partial charge in [0.05, 0.1) is 0 Å². The third-order valence-corrected chi connectivity index (χ3v) is 4.36. The van der Waals surface area contributed by atoms with E-state index in [-0.39, 0.29) is 0 Å². The van der Waals surface area contributed by atoms with E-state index in [0.29, 0.717) is 12.1 Å². The average Bonchev–Trinajstić information content (AvgIpc) is 2.55. The van der Waals surface area contributed by atoms with Crippen molar-refractivity contribution in [2.45, 2.75) is 84.3 Å². The van der Waals surface area contributed by atoms with Crippen molar-refractivity contribution in [1.82, 2.24) is 10.2 Å². The smallest absolute Gasteiger partial charge is 0.0195 e. The Morgan fingerprint density at radius 3 is 2.53 bits per heavy atom. The van der Waals surface area contributed by atoms with Gasteiger partial charge in [0, 0.05) is 24.7 Å². The summed E-state index contributed by atoms with van der Waals surface area (Å²) in [5.74, 6) is 0. The number of nitrogens with one attached hydrogen (secondary N) is 1. The molecule has 1 aliphatic rings. The Morgan fingerprint density at radius 1 is 1.18 bits per heavy atom. The molecule has 2 unspecified atom stereocenters. The normalized spacial score (nSPS) is 24.9. The third kappa shape index (κ3) is 4.97. The molecule has 0 aromatic carbocycles. The van der Waals surface area contributed by atoms with E-state index in [0.717, 1.165) is 12.6 Å². The molecule has 0 aliphatic carbocycles. The summed E-state index contributed by atoms with van der Waals surface area (Å²) in [6.07, 6.45) is 8.12. The number of likely N-dealkylation sites (tertiary alicyclic amines) is 1. The first kappa shape index (κ1) is 15.0. The highest BCUT2D eigenvalue weighted by molar-refractivity contribution is 4.79. The molecule has 1 rings (SSSR count). The highest BCUT2D eigenvalue weighted by Crippen LogP contribution is 2.18. The molecule has 17 heavy (non-hydrogen) atoms. The maximum Gasteiger partial charge on any atom is 0.0195 e. The Bertz CT molecular complexity index is 189. The molecule has 2 heteroatoms. The lowest BCUT2D eigenvalue weighted by Crippen LogP contribution is -2.46. The number of nitrogens with zero attached hydrogens (tertiary/aromatic N) is 1. The second-order valence-electron chi connectivity index (χ2n) is 5.71. The molecule has 0 bridgehead atoms. The molecular formula is C15H32N2. The number of hydrogen-bond acceptors (Lipinski definition) is 2. The predicted molar refractivity (Wildman–Crippen MR) is 76.5 cm³/mol. The van der Waals surface area contributed by atoms with E-state index in [1.54, 1.807) is 0 Å². The van der Waals surface area contributed by atoms with Crippen molar-refractivity contribution < 1.29 is 0 Å². The van der Waals surface area contributed by atoms with E-state index in [1.807, 2.05) is 0 Å². The quantitative estimate of drug-likeness (QED) is 0.765. The van der Waals surface area contributed by atoms with Crippen LogP contribution in [0.1, 0.15) is 66.2 Å². The van der Waals surface area contributed by atoms with Gasteiger partial charge in [-0.05, 0) is 46.1 Å². The Kier molecular flexibility index (Phi) is 7.14. The van der Waals surface area contributed by atoms with Crippen LogP contribution in [0.25, 0.3) is 0 Å². The van der Waals surface area contributed by atoms with Gasteiger partial charge in [-0.25, -0.2) is 0 Å². The summed E-state index contributed by atoms with van der Waals surface area (Å²) in [4.78, 5) is 2.71. The van der Waals surface area contributed by atoms with Crippen LogP contribution in [0.3, 0.4) is 0 Å². The standard InChI is InChI=1S/C15H32N2/c1-5-15(6-2)16-12-14(4)17-11-9-7-8-10-13(17)3/h13-16H,5-12H2,1-4H3. The maximum absolute atomic E-state index is 3.72. The zero-order chi connectivity index (χ0) is 12.7. The zero-order valence-electron chi connectivity index (χ0n) is 12.3. The molecule has 1 N–H and O–H groups in total. The molecular weight excluding hydrogens is 208 g/mol. The van der Waals surface area contributed by atoms with E-state index in [4.69, 9.17) is 0 Å². The van der Waals surface area contributed by atoms with Crippen molar-refractivity contribution in [1.29, 1.82) is 0 Å². The van der Waals surface area contributed by atoms with Gasteiger partial charge in [-0.15, -0.1) is 0 Å². The van der Waals surface area contributed by atoms with Gasteiger partial charge in [0.15, 0.2) is 0 Å². The van der Waals surface area contributed by atoms with Gasteiger partial charge in [0.2, 0.25) is 0 Å². The number of rotatable bonds is 6. The minimum atomic E-state index is 0.684. The SMILES string of the molecule is CCC(CC)NCC(C)N1CCCCCC1C. The fraction of sp³-hybridized carbons (Fsp3) is 1.00. The van der Waals surface area contributed by atoms with E-state index in [9.17, 15) is 0 Å². The predicted octanol–water partition coefficient (Wildman–Crippen LogP) is 3.42. The van der Waals surface area contributed by atoms with E-state index in [1.165, 1.54) is 45.1 Å². The van der Waals surface area contributed by atoms with Crippen LogP contribution in [0.5, 0.6) is 0 Å². The van der Waals surface area contributed by atoms with Gasteiger partial charge in [-0.2, -0.15) is 0 Å². The molecule has 1 fully saturated rings. The van der Waals surface area contributed by atoms with Crippen molar-refractivity contribution in [3.05, 3.63) is 0 Å². The highest BCUT2D eigenvalue weighted by atomic mass is 15.2. The van der Waals surface area contributed by atoms with Gasteiger partial charge in [0.25, 0.3) is 0 Å². The first-order valence-electron chi connectivity index (χ1n) is 7.68. The Balaban J connectivity index is 2.36. The second-order valence-corrected chi connectivity index (χ2v) is 5.71. The molecule has 1 saturated heterocycles. The van der Waals surface area contributed by atoms with Crippen LogP contribution in [0.15, 0.2) is 0 Å². The zero-order valence-corrected chi connectivity index (χ0v) is 12.3. The van der Waals surface area contributed by atoms with Crippen molar-refractivity contribution in [2.24, 2.45) is 0 Å².